The highest BCUT2D eigenvalue weighted by Crippen LogP contribution is 2.39. The summed E-state index contributed by atoms with van der Waals surface area (Å²) in [5.74, 6) is 12.2. The first-order valence-electron chi connectivity index (χ1n) is 13.4. The number of fused-ring (bicyclic) bond motifs is 3. The van der Waals surface area contributed by atoms with Crippen LogP contribution in [0.5, 0.6) is 0 Å². The molecule has 1 aliphatic rings. The Morgan fingerprint density at radius 3 is 2.53 bits per heavy atom. The minimum Gasteiger partial charge on any atom is -0.443 e. The van der Waals surface area contributed by atoms with E-state index >= 15 is 0 Å². The Labute approximate surface area is 257 Å². The molecule has 5 rings (SSSR count). The van der Waals surface area contributed by atoms with E-state index in [1.807, 2.05) is 35.8 Å². The van der Waals surface area contributed by atoms with Crippen LogP contribution < -0.4 is 16.4 Å². The van der Waals surface area contributed by atoms with Gasteiger partial charge in [-0.05, 0) is 56.5 Å². The zero-order valence-electron chi connectivity index (χ0n) is 23.7. The third kappa shape index (κ3) is 6.55. The number of nitrogens with zero attached hydrogens (tertiary/aromatic N) is 4. The molecule has 1 aromatic carbocycles. The van der Waals surface area contributed by atoms with Crippen LogP contribution in [0.2, 0.25) is 5.02 Å². The zero-order valence-corrected chi connectivity index (χ0v) is 25.3. The van der Waals surface area contributed by atoms with E-state index in [4.69, 9.17) is 26.7 Å². The average Bonchev–Trinajstić information content (AvgIpc) is 3.67. The number of carbonyl (C=O) groups is 2. The van der Waals surface area contributed by atoms with E-state index in [1.165, 1.54) is 10.9 Å². The van der Waals surface area contributed by atoms with Crippen molar-refractivity contribution in [2.75, 3.05) is 19.6 Å². The van der Waals surface area contributed by atoms with E-state index in [0.717, 1.165) is 33.2 Å². The molecule has 0 aliphatic carbocycles. The molecule has 4 aromatic rings. The van der Waals surface area contributed by atoms with Gasteiger partial charge >= 0.3 is 0 Å². The molecule has 4 heterocycles. The van der Waals surface area contributed by atoms with Gasteiger partial charge in [0, 0.05) is 21.0 Å². The molecule has 0 saturated carbocycles. The maximum atomic E-state index is 13.0. The summed E-state index contributed by atoms with van der Waals surface area (Å²) < 4.78 is 7.36. The monoisotopic (exact) mass is 613 g/mol. The lowest BCUT2D eigenvalue weighted by Crippen LogP contribution is -2.26. The van der Waals surface area contributed by atoms with Crippen LogP contribution in [0.1, 0.15) is 62.0 Å². The van der Waals surface area contributed by atoms with Crippen molar-refractivity contribution in [1.82, 2.24) is 25.4 Å². The van der Waals surface area contributed by atoms with E-state index in [1.54, 1.807) is 17.4 Å². The Balaban J connectivity index is 1.27. The smallest absolute Gasteiger partial charge is 0.287 e. The molecule has 1 atom stereocenters. The van der Waals surface area contributed by atoms with Crippen molar-refractivity contribution in [3.8, 4) is 28.7 Å². The Morgan fingerprint density at radius 1 is 1.05 bits per heavy atom. The van der Waals surface area contributed by atoms with Crippen molar-refractivity contribution in [3.63, 3.8) is 0 Å². The van der Waals surface area contributed by atoms with Crippen LogP contribution in [-0.4, -0.2) is 51.9 Å². The number of benzene rings is 1. The third-order valence-corrected chi connectivity index (χ3v) is 8.16. The van der Waals surface area contributed by atoms with Crippen LogP contribution in [0.25, 0.3) is 5.00 Å². The number of furan rings is 1. The van der Waals surface area contributed by atoms with E-state index in [2.05, 4.69) is 58.4 Å². The van der Waals surface area contributed by atoms with Gasteiger partial charge in [0.05, 0.1) is 31.8 Å². The van der Waals surface area contributed by atoms with Crippen molar-refractivity contribution in [1.29, 1.82) is 0 Å². The molecule has 4 N–H and O–H groups in total. The van der Waals surface area contributed by atoms with Gasteiger partial charge < -0.3 is 20.8 Å². The average molecular weight is 614 g/mol. The molecule has 0 fully saturated rings. The van der Waals surface area contributed by atoms with Crippen LogP contribution in [-0.2, 0) is 4.79 Å². The largest absolute Gasteiger partial charge is 0.443 e. The standard InChI is InChI=1S/C31H28ClN7O3S/c1-18-19(2)43-31-27(18)28(21-8-10-22(32)11-9-21)36-24(29-38-37-20(3)39(29)31)17-26(40)34-15-4-5-16-35-30(41)25-13-12-23(42-25)7-6-14-33/h8-13,24H,14-17,33H2,1-3H3,(H,34,40)(H,35,41)/t24-/m0/s1. The van der Waals surface area contributed by atoms with Gasteiger partial charge in [-0.25, -0.2) is 0 Å². The number of nitrogens with two attached hydrogens (primary N) is 1. The number of thiophene rings is 1. The summed E-state index contributed by atoms with van der Waals surface area (Å²) in [7, 11) is 0. The molecule has 43 heavy (non-hydrogen) atoms. The minimum absolute atomic E-state index is 0.0501. The Bertz CT molecular complexity index is 1840. The lowest BCUT2D eigenvalue weighted by molar-refractivity contribution is -0.121. The lowest BCUT2D eigenvalue weighted by Gasteiger charge is -2.12. The second kappa shape index (κ2) is 13.1. The van der Waals surface area contributed by atoms with Gasteiger partial charge in [0.15, 0.2) is 17.3 Å². The van der Waals surface area contributed by atoms with Crippen molar-refractivity contribution in [2.45, 2.75) is 33.2 Å². The van der Waals surface area contributed by atoms with E-state index < -0.39 is 11.9 Å². The molecular weight excluding hydrogens is 586 g/mol. The van der Waals surface area contributed by atoms with Crippen LogP contribution in [0, 0.1) is 44.5 Å². The summed E-state index contributed by atoms with van der Waals surface area (Å²) in [5.41, 5.74) is 9.14. The molecule has 10 nitrogen and oxygen atoms in total. The fraction of sp³-hybridized carbons (Fsp3) is 0.258. The number of halogens is 1. The number of carbonyl (C=O) groups excluding carboxylic acids is 2. The minimum atomic E-state index is -0.578. The molecule has 2 amide bonds. The van der Waals surface area contributed by atoms with E-state index in [-0.39, 0.29) is 37.7 Å². The fourth-order valence-electron chi connectivity index (χ4n) is 4.52. The highest BCUT2D eigenvalue weighted by atomic mass is 35.5. The maximum absolute atomic E-state index is 13.0. The fourth-order valence-corrected chi connectivity index (χ4v) is 5.86. The van der Waals surface area contributed by atoms with Crippen molar-refractivity contribution in [3.05, 3.63) is 86.2 Å². The number of hydrogen-bond acceptors (Lipinski definition) is 8. The molecule has 218 valence electrons. The second-order valence-corrected chi connectivity index (χ2v) is 11.2. The lowest BCUT2D eigenvalue weighted by atomic mass is 9.99. The Morgan fingerprint density at radius 2 is 1.79 bits per heavy atom. The number of aryl methyl sites for hydroxylation is 2. The highest BCUT2D eigenvalue weighted by Gasteiger charge is 2.32. The normalized spacial score (nSPS) is 13.3. The quantitative estimate of drug-likeness (QED) is 0.284. The molecule has 0 bridgehead atoms. The van der Waals surface area contributed by atoms with Gasteiger partial charge in [-0.3, -0.25) is 19.1 Å². The maximum Gasteiger partial charge on any atom is 0.287 e. The summed E-state index contributed by atoms with van der Waals surface area (Å²) in [4.78, 5) is 31.5. The van der Waals surface area contributed by atoms with Crippen LogP contribution in [0.3, 0.4) is 0 Å². The van der Waals surface area contributed by atoms with E-state index in [0.29, 0.717) is 16.6 Å². The molecule has 0 unspecified atom stereocenters. The number of nitrogens with one attached hydrogen (secondary N) is 2. The zero-order chi connectivity index (χ0) is 30.5. The van der Waals surface area contributed by atoms with Crippen molar-refractivity contribution >= 4 is 40.5 Å². The molecular formula is C31H28ClN7O3S. The van der Waals surface area contributed by atoms with Crippen LogP contribution >= 0.6 is 22.9 Å². The van der Waals surface area contributed by atoms with Gasteiger partial charge in [0.1, 0.15) is 16.9 Å². The van der Waals surface area contributed by atoms with E-state index in [9.17, 15) is 9.59 Å². The summed E-state index contributed by atoms with van der Waals surface area (Å²) in [6, 6.07) is 10.1. The SMILES string of the molecule is Cc1sc2c(c1C)C(c1ccc(Cl)cc1)=N[C@@H](CC(=O)NCC#CCNC(=O)c1ccc(C#CCN)o1)c1nnc(C)n1-2. The predicted octanol–water partition coefficient (Wildman–Crippen LogP) is 3.64. The number of aliphatic imine (C=N–C) groups is 1. The van der Waals surface area contributed by atoms with Crippen LogP contribution in [0.4, 0.5) is 0 Å². The van der Waals surface area contributed by atoms with Gasteiger partial charge in [0.2, 0.25) is 5.91 Å². The van der Waals surface area contributed by atoms with Gasteiger partial charge in [-0.1, -0.05) is 41.5 Å². The first-order valence-corrected chi connectivity index (χ1v) is 14.6. The summed E-state index contributed by atoms with van der Waals surface area (Å²) in [6.07, 6.45) is 0.0501. The second-order valence-electron chi connectivity index (χ2n) is 9.59. The molecule has 3 aromatic heterocycles. The molecule has 1 aliphatic heterocycles. The molecule has 12 heteroatoms. The Hall–Kier alpha value is -4.68. The molecule has 0 radical (unpaired) electrons. The van der Waals surface area contributed by atoms with Crippen molar-refractivity contribution in [2.24, 2.45) is 10.7 Å². The third-order valence-electron chi connectivity index (χ3n) is 6.72. The predicted molar refractivity (Wildman–Crippen MR) is 166 cm³/mol. The highest BCUT2D eigenvalue weighted by molar-refractivity contribution is 7.15. The summed E-state index contributed by atoms with van der Waals surface area (Å²) in [5, 5.41) is 15.8. The van der Waals surface area contributed by atoms with Crippen molar-refractivity contribution < 1.29 is 14.0 Å². The number of amides is 2. The molecule has 0 spiro atoms. The van der Waals surface area contributed by atoms with Crippen LogP contribution in [0.15, 0.2) is 45.8 Å². The molecule has 0 saturated heterocycles. The first kappa shape index (κ1) is 29.8. The Kier molecular flexibility index (Phi) is 9.07. The topological polar surface area (TPSA) is 140 Å². The number of hydrogen-bond donors (Lipinski definition) is 3. The summed E-state index contributed by atoms with van der Waals surface area (Å²) in [6.45, 7) is 6.44. The summed E-state index contributed by atoms with van der Waals surface area (Å²) >= 11 is 7.83. The number of rotatable bonds is 6. The number of aromatic nitrogens is 3. The van der Waals surface area contributed by atoms with Gasteiger partial charge in [-0.2, -0.15) is 0 Å². The first-order chi connectivity index (χ1) is 20.8. The van der Waals surface area contributed by atoms with Gasteiger partial charge in [-0.15, -0.1) is 21.5 Å². The van der Waals surface area contributed by atoms with Gasteiger partial charge in [0.25, 0.3) is 5.91 Å².